The summed E-state index contributed by atoms with van der Waals surface area (Å²) in [4.78, 5) is 14.8. The van der Waals surface area contributed by atoms with Crippen LogP contribution in [0.3, 0.4) is 0 Å². The highest BCUT2D eigenvalue weighted by Gasteiger charge is 2.12. The van der Waals surface area contributed by atoms with Crippen LogP contribution in [0.25, 0.3) is 0 Å². The molecule has 5 heteroatoms. The van der Waals surface area contributed by atoms with Crippen LogP contribution in [0.15, 0.2) is 48.5 Å². The zero-order chi connectivity index (χ0) is 18.2. The van der Waals surface area contributed by atoms with Gasteiger partial charge in [-0.3, -0.25) is 9.69 Å². The number of carbonyl (C=O) groups is 1. The van der Waals surface area contributed by atoms with E-state index < -0.39 is 0 Å². The summed E-state index contributed by atoms with van der Waals surface area (Å²) in [5, 5.41) is 3.00. The van der Waals surface area contributed by atoms with Gasteiger partial charge >= 0.3 is 0 Å². The van der Waals surface area contributed by atoms with Gasteiger partial charge in [0.25, 0.3) is 5.91 Å². The van der Waals surface area contributed by atoms with Crippen molar-refractivity contribution in [2.24, 2.45) is 0 Å². The van der Waals surface area contributed by atoms with Crippen LogP contribution in [-0.4, -0.2) is 50.8 Å². The molecule has 0 radical (unpaired) electrons. The highest BCUT2D eigenvalue weighted by molar-refractivity contribution is 5.94. The quantitative estimate of drug-likeness (QED) is 0.830. The van der Waals surface area contributed by atoms with Gasteiger partial charge < -0.3 is 14.8 Å². The van der Waals surface area contributed by atoms with E-state index in [1.165, 1.54) is 5.56 Å². The van der Waals surface area contributed by atoms with Crippen molar-refractivity contribution in [3.63, 3.8) is 0 Å². The highest BCUT2D eigenvalue weighted by Crippen LogP contribution is 2.12. The SMILES string of the molecule is COc1ccc(CCNC(=O)c2cccc(CN3CCOCC3)c2)cc1. The number of amides is 1. The molecular weight excluding hydrogens is 328 g/mol. The summed E-state index contributed by atoms with van der Waals surface area (Å²) in [5.41, 5.74) is 3.05. The number of carbonyl (C=O) groups excluding carboxylic acids is 1. The molecule has 0 spiro atoms. The summed E-state index contributed by atoms with van der Waals surface area (Å²) < 4.78 is 10.5. The summed E-state index contributed by atoms with van der Waals surface area (Å²) in [6.45, 7) is 4.92. The van der Waals surface area contributed by atoms with Gasteiger partial charge in [-0.15, -0.1) is 0 Å². The molecule has 138 valence electrons. The molecule has 1 fully saturated rings. The van der Waals surface area contributed by atoms with Crippen LogP contribution in [-0.2, 0) is 17.7 Å². The lowest BCUT2D eigenvalue weighted by atomic mass is 10.1. The van der Waals surface area contributed by atoms with Crippen molar-refractivity contribution in [1.29, 1.82) is 0 Å². The zero-order valence-electron chi connectivity index (χ0n) is 15.2. The van der Waals surface area contributed by atoms with Gasteiger partial charge in [-0.25, -0.2) is 0 Å². The monoisotopic (exact) mass is 354 g/mol. The fourth-order valence-corrected chi connectivity index (χ4v) is 3.04. The van der Waals surface area contributed by atoms with Crippen LogP contribution in [0.2, 0.25) is 0 Å². The number of nitrogens with zero attached hydrogens (tertiary/aromatic N) is 1. The van der Waals surface area contributed by atoms with E-state index in [1.807, 2.05) is 42.5 Å². The number of hydrogen-bond donors (Lipinski definition) is 1. The van der Waals surface area contributed by atoms with Gasteiger partial charge in [0.1, 0.15) is 5.75 Å². The number of methoxy groups -OCH3 is 1. The molecule has 1 aliphatic heterocycles. The Hall–Kier alpha value is -2.37. The molecule has 1 N–H and O–H groups in total. The second-order valence-corrected chi connectivity index (χ2v) is 6.44. The van der Waals surface area contributed by atoms with Crippen LogP contribution in [0.1, 0.15) is 21.5 Å². The van der Waals surface area contributed by atoms with Crippen LogP contribution < -0.4 is 10.1 Å². The van der Waals surface area contributed by atoms with E-state index in [4.69, 9.17) is 9.47 Å². The smallest absolute Gasteiger partial charge is 0.251 e. The van der Waals surface area contributed by atoms with Gasteiger partial charge in [0.2, 0.25) is 0 Å². The van der Waals surface area contributed by atoms with Crippen LogP contribution in [0.4, 0.5) is 0 Å². The Morgan fingerprint density at radius 3 is 2.62 bits per heavy atom. The number of ether oxygens (including phenoxy) is 2. The third-order valence-corrected chi connectivity index (χ3v) is 4.56. The van der Waals surface area contributed by atoms with E-state index in [9.17, 15) is 4.79 Å². The van der Waals surface area contributed by atoms with E-state index in [0.29, 0.717) is 12.1 Å². The van der Waals surface area contributed by atoms with Crippen molar-refractivity contribution in [2.75, 3.05) is 40.0 Å². The Morgan fingerprint density at radius 1 is 1.12 bits per heavy atom. The minimum absolute atomic E-state index is 0.0256. The third kappa shape index (κ3) is 5.31. The second-order valence-electron chi connectivity index (χ2n) is 6.44. The van der Waals surface area contributed by atoms with Crippen molar-refractivity contribution in [3.05, 3.63) is 65.2 Å². The molecule has 5 nitrogen and oxygen atoms in total. The standard InChI is InChI=1S/C21H26N2O3/c1-25-20-7-5-17(6-8-20)9-10-22-21(24)19-4-2-3-18(15-19)16-23-11-13-26-14-12-23/h2-8,15H,9-14,16H2,1H3,(H,22,24). The zero-order valence-corrected chi connectivity index (χ0v) is 15.2. The molecule has 2 aromatic carbocycles. The van der Waals surface area contributed by atoms with Crippen molar-refractivity contribution < 1.29 is 14.3 Å². The predicted molar refractivity (Wildman–Crippen MR) is 102 cm³/mol. The second kappa shape index (κ2) is 9.36. The molecule has 1 heterocycles. The number of rotatable bonds is 7. The molecule has 0 unspecified atom stereocenters. The molecule has 1 saturated heterocycles. The lowest BCUT2D eigenvalue weighted by molar-refractivity contribution is 0.0342. The first kappa shape index (κ1) is 18.4. The van der Waals surface area contributed by atoms with Crippen molar-refractivity contribution in [3.8, 4) is 5.75 Å². The molecule has 1 amide bonds. The number of benzene rings is 2. The Morgan fingerprint density at radius 2 is 1.88 bits per heavy atom. The van der Waals surface area contributed by atoms with E-state index in [1.54, 1.807) is 7.11 Å². The molecule has 0 aromatic heterocycles. The highest BCUT2D eigenvalue weighted by atomic mass is 16.5. The fraction of sp³-hybridized carbons (Fsp3) is 0.381. The molecule has 0 bridgehead atoms. The van der Waals surface area contributed by atoms with Gasteiger partial charge in [0.05, 0.1) is 20.3 Å². The van der Waals surface area contributed by atoms with Crippen molar-refractivity contribution in [1.82, 2.24) is 10.2 Å². The molecule has 0 atom stereocenters. The molecule has 1 aliphatic rings. The van der Waals surface area contributed by atoms with E-state index >= 15 is 0 Å². The maximum atomic E-state index is 12.4. The number of nitrogens with one attached hydrogen (secondary N) is 1. The summed E-state index contributed by atoms with van der Waals surface area (Å²) in [6.07, 6.45) is 0.795. The topological polar surface area (TPSA) is 50.8 Å². The van der Waals surface area contributed by atoms with Gasteiger partial charge in [-0.2, -0.15) is 0 Å². The maximum Gasteiger partial charge on any atom is 0.251 e. The van der Waals surface area contributed by atoms with Gasteiger partial charge in [-0.1, -0.05) is 24.3 Å². The van der Waals surface area contributed by atoms with Crippen LogP contribution in [0, 0.1) is 0 Å². The summed E-state index contributed by atoms with van der Waals surface area (Å²) >= 11 is 0. The maximum absolute atomic E-state index is 12.4. The number of morpholine rings is 1. The molecule has 0 aliphatic carbocycles. The Balaban J connectivity index is 1.49. The molecule has 2 aromatic rings. The molecule has 0 saturated carbocycles. The summed E-state index contributed by atoms with van der Waals surface area (Å²) in [6, 6.07) is 15.8. The first-order valence-electron chi connectivity index (χ1n) is 9.05. The molecule has 3 rings (SSSR count). The van der Waals surface area contributed by atoms with Crippen molar-refractivity contribution in [2.45, 2.75) is 13.0 Å². The first-order chi connectivity index (χ1) is 12.7. The largest absolute Gasteiger partial charge is 0.497 e. The lowest BCUT2D eigenvalue weighted by Crippen LogP contribution is -2.35. The number of hydrogen-bond acceptors (Lipinski definition) is 4. The van der Waals surface area contributed by atoms with Gasteiger partial charge in [-0.05, 0) is 41.8 Å². The van der Waals surface area contributed by atoms with Crippen LogP contribution in [0.5, 0.6) is 5.75 Å². The normalized spacial score (nSPS) is 14.8. The Labute approximate surface area is 154 Å². The van der Waals surface area contributed by atoms with E-state index in [2.05, 4.69) is 16.3 Å². The average Bonchev–Trinajstić information content (AvgIpc) is 2.69. The van der Waals surface area contributed by atoms with Crippen LogP contribution >= 0.6 is 0 Å². The minimum atomic E-state index is -0.0256. The average molecular weight is 354 g/mol. The predicted octanol–water partition coefficient (Wildman–Crippen LogP) is 2.50. The molecule has 26 heavy (non-hydrogen) atoms. The minimum Gasteiger partial charge on any atom is -0.497 e. The fourth-order valence-electron chi connectivity index (χ4n) is 3.04. The summed E-state index contributed by atoms with van der Waals surface area (Å²) in [7, 11) is 1.66. The van der Waals surface area contributed by atoms with Gasteiger partial charge in [0.15, 0.2) is 0 Å². The van der Waals surface area contributed by atoms with E-state index in [0.717, 1.165) is 50.6 Å². The Bertz CT molecular complexity index is 709. The lowest BCUT2D eigenvalue weighted by Gasteiger charge is -2.26. The molecular formula is C21H26N2O3. The first-order valence-corrected chi connectivity index (χ1v) is 9.05. The summed E-state index contributed by atoms with van der Waals surface area (Å²) in [5.74, 6) is 0.817. The van der Waals surface area contributed by atoms with Crippen molar-refractivity contribution >= 4 is 5.91 Å². The Kier molecular flexibility index (Phi) is 6.63. The third-order valence-electron chi connectivity index (χ3n) is 4.56. The van der Waals surface area contributed by atoms with Gasteiger partial charge in [0, 0.05) is 31.7 Å². The van der Waals surface area contributed by atoms with E-state index in [-0.39, 0.29) is 5.91 Å².